The Morgan fingerprint density at radius 3 is 2.93 bits per heavy atom. The van der Waals surface area contributed by atoms with Crippen molar-refractivity contribution in [1.82, 2.24) is 9.55 Å². The van der Waals surface area contributed by atoms with Crippen molar-refractivity contribution in [3.8, 4) is 0 Å². The van der Waals surface area contributed by atoms with Gasteiger partial charge in [0.1, 0.15) is 0 Å². The van der Waals surface area contributed by atoms with Gasteiger partial charge in [-0.05, 0) is 19.3 Å². The molecule has 4 heteroatoms. The van der Waals surface area contributed by atoms with Gasteiger partial charge < -0.3 is 14.4 Å². The molecule has 0 radical (unpaired) electrons. The fraction of sp³-hybridized carbons (Fsp3) is 0.700. The van der Waals surface area contributed by atoms with Gasteiger partial charge >= 0.3 is 0 Å². The minimum absolute atomic E-state index is 0.00931. The van der Waals surface area contributed by atoms with Crippen LogP contribution in [0, 0.1) is 0 Å². The van der Waals surface area contributed by atoms with Crippen LogP contribution in [0.15, 0.2) is 12.5 Å². The number of hydrogen-bond donors (Lipinski definition) is 1. The monoisotopic (exact) mass is 196 g/mol. The molecule has 1 heterocycles. The maximum atomic E-state index is 9.07. The number of aromatic nitrogens is 2. The van der Waals surface area contributed by atoms with Crippen LogP contribution < -0.4 is 0 Å². The molecule has 14 heavy (non-hydrogen) atoms. The molecule has 1 aliphatic carbocycles. The molecule has 0 aromatic carbocycles. The van der Waals surface area contributed by atoms with Crippen molar-refractivity contribution in [1.29, 1.82) is 0 Å². The molecule has 0 bridgehead atoms. The molecule has 1 saturated carbocycles. The van der Waals surface area contributed by atoms with Crippen molar-refractivity contribution in [2.24, 2.45) is 0 Å². The lowest BCUT2D eigenvalue weighted by Crippen LogP contribution is -2.43. The molecular weight excluding hydrogens is 180 g/mol. The average Bonchev–Trinajstić information content (AvgIpc) is 2.58. The van der Waals surface area contributed by atoms with E-state index in [0.717, 1.165) is 25.1 Å². The zero-order valence-electron chi connectivity index (χ0n) is 8.44. The first-order valence-corrected chi connectivity index (χ1v) is 4.95. The molecule has 1 aromatic rings. The summed E-state index contributed by atoms with van der Waals surface area (Å²) < 4.78 is 7.49. The van der Waals surface area contributed by atoms with E-state index in [4.69, 9.17) is 9.84 Å². The van der Waals surface area contributed by atoms with Crippen LogP contribution in [0.25, 0.3) is 0 Å². The van der Waals surface area contributed by atoms with Crippen LogP contribution in [-0.2, 0) is 17.9 Å². The molecule has 1 aliphatic rings. The predicted octanol–water partition coefficient (Wildman–Crippen LogP) is 0.945. The van der Waals surface area contributed by atoms with E-state index in [1.165, 1.54) is 6.42 Å². The lowest BCUT2D eigenvalue weighted by Gasteiger charge is -2.40. The molecule has 0 atom stereocenters. The number of aliphatic hydroxyl groups is 1. The summed E-state index contributed by atoms with van der Waals surface area (Å²) in [7, 11) is 1.76. The molecule has 0 spiro atoms. The molecule has 4 nitrogen and oxygen atoms in total. The third kappa shape index (κ3) is 1.55. The minimum atomic E-state index is -0.00931. The van der Waals surface area contributed by atoms with Crippen LogP contribution in [0.4, 0.5) is 0 Å². The molecule has 0 saturated heterocycles. The summed E-state index contributed by atoms with van der Waals surface area (Å²) >= 11 is 0. The fourth-order valence-electron chi connectivity index (χ4n) is 1.93. The van der Waals surface area contributed by atoms with Gasteiger partial charge in [-0.25, -0.2) is 4.98 Å². The van der Waals surface area contributed by atoms with Gasteiger partial charge in [-0.1, -0.05) is 0 Å². The molecule has 0 aliphatic heterocycles. The van der Waals surface area contributed by atoms with Crippen molar-refractivity contribution >= 4 is 0 Å². The quantitative estimate of drug-likeness (QED) is 0.779. The predicted molar refractivity (Wildman–Crippen MR) is 51.7 cm³/mol. The van der Waals surface area contributed by atoms with E-state index >= 15 is 0 Å². The molecule has 0 amide bonds. The maximum absolute atomic E-state index is 9.07. The Bertz CT molecular complexity index is 299. The van der Waals surface area contributed by atoms with E-state index in [1.54, 1.807) is 19.6 Å². The molecule has 78 valence electrons. The topological polar surface area (TPSA) is 47.3 Å². The zero-order valence-corrected chi connectivity index (χ0v) is 8.44. The Morgan fingerprint density at radius 2 is 2.43 bits per heavy atom. The fourth-order valence-corrected chi connectivity index (χ4v) is 1.93. The average molecular weight is 196 g/mol. The molecule has 2 rings (SSSR count). The Balaban J connectivity index is 2.09. The normalized spacial score (nSPS) is 19.3. The second kappa shape index (κ2) is 3.71. The van der Waals surface area contributed by atoms with E-state index in [-0.39, 0.29) is 12.2 Å². The van der Waals surface area contributed by atoms with Crippen LogP contribution in [0.2, 0.25) is 0 Å². The van der Waals surface area contributed by atoms with Gasteiger partial charge in [0, 0.05) is 7.11 Å². The summed E-state index contributed by atoms with van der Waals surface area (Å²) in [6.45, 7) is 0.846. The number of rotatable bonds is 4. The second-order valence-corrected chi connectivity index (χ2v) is 3.91. The summed E-state index contributed by atoms with van der Waals surface area (Å²) in [5.41, 5.74) is 0.846. The van der Waals surface area contributed by atoms with E-state index in [9.17, 15) is 0 Å². The standard InChI is InChI=1S/C10H16N2O2/c1-14-10(3-2-4-10)7-12-8-11-5-9(12)6-13/h5,8,13H,2-4,6-7H2,1H3. The molecule has 0 unspecified atom stereocenters. The van der Waals surface area contributed by atoms with Crippen molar-refractivity contribution in [3.05, 3.63) is 18.2 Å². The highest BCUT2D eigenvalue weighted by Gasteiger charge is 2.37. The zero-order chi connectivity index (χ0) is 10.0. The van der Waals surface area contributed by atoms with Gasteiger partial charge in [-0.15, -0.1) is 0 Å². The molecule has 1 fully saturated rings. The summed E-state index contributed by atoms with van der Waals surface area (Å²) in [5, 5.41) is 9.07. The summed E-state index contributed by atoms with van der Waals surface area (Å²) in [6.07, 6.45) is 6.89. The van der Waals surface area contributed by atoms with E-state index in [2.05, 4.69) is 4.98 Å². The Morgan fingerprint density at radius 1 is 1.64 bits per heavy atom. The van der Waals surface area contributed by atoms with Gasteiger partial charge in [0.2, 0.25) is 0 Å². The van der Waals surface area contributed by atoms with Crippen molar-refractivity contribution in [2.75, 3.05) is 7.11 Å². The second-order valence-electron chi connectivity index (χ2n) is 3.91. The first kappa shape index (κ1) is 9.68. The van der Waals surface area contributed by atoms with Gasteiger partial charge in [0.05, 0.1) is 37.0 Å². The summed E-state index contributed by atoms with van der Waals surface area (Å²) in [4.78, 5) is 4.02. The SMILES string of the molecule is COC1(Cn2cncc2CO)CCC1. The number of aliphatic hydroxyl groups excluding tert-OH is 1. The number of methoxy groups -OCH3 is 1. The van der Waals surface area contributed by atoms with Gasteiger partial charge in [-0.3, -0.25) is 0 Å². The van der Waals surface area contributed by atoms with Gasteiger partial charge in [0.15, 0.2) is 0 Å². The van der Waals surface area contributed by atoms with Gasteiger partial charge in [-0.2, -0.15) is 0 Å². The minimum Gasteiger partial charge on any atom is -0.390 e. The maximum Gasteiger partial charge on any atom is 0.0949 e. The van der Waals surface area contributed by atoms with Crippen LogP contribution >= 0.6 is 0 Å². The first-order chi connectivity index (χ1) is 6.79. The largest absolute Gasteiger partial charge is 0.390 e. The lowest BCUT2D eigenvalue weighted by molar-refractivity contribution is -0.0842. The van der Waals surface area contributed by atoms with Crippen molar-refractivity contribution < 1.29 is 9.84 Å². The third-order valence-corrected chi connectivity index (χ3v) is 3.12. The van der Waals surface area contributed by atoms with Crippen LogP contribution in [0.3, 0.4) is 0 Å². The van der Waals surface area contributed by atoms with Crippen LogP contribution in [-0.4, -0.2) is 27.4 Å². The van der Waals surface area contributed by atoms with Crippen molar-refractivity contribution in [3.63, 3.8) is 0 Å². The molecular formula is C10H16N2O2. The highest BCUT2D eigenvalue weighted by Crippen LogP contribution is 2.36. The number of nitrogens with zero attached hydrogens (tertiary/aromatic N) is 2. The Labute approximate surface area is 83.5 Å². The summed E-state index contributed by atoms with van der Waals surface area (Å²) in [5.74, 6) is 0. The van der Waals surface area contributed by atoms with E-state index in [1.807, 2.05) is 4.57 Å². The Hall–Kier alpha value is -0.870. The lowest BCUT2D eigenvalue weighted by atomic mass is 9.80. The first-order valence-electron chi connectivity index (χ1n) is 4.95. The number of imidazole rings is 1. The number of hydrogen-bond acceptors (Lipinski definition) is 3. The molecule has 1 aromatic heterocycles. The summed E-state index contributed by atoms with van der Waals surface area (Å²) in [6, 6.07) is 0. The molecule has 1 N–H and O–H groups in total. The highest BCUT2D eigenvalue weighted by molar-refractivity contribution is 5.00. The van der Waals surface area contributed by atoms with Gasteiger partial charge in [0.25, 0.3) is 0 Å². The number of ether oxygens (including phenoxy) is 1. The van der Waals surface area contributed by atoms with E-state index < -0.39 is 0 Å². The van der Waals surface area contributed by atoms with E-state index in [0.29, 0.717) is 0 Å². The third-order valence-electron chi connectivity index (χ3n) is 3.12. The van der Waals surface area contributed by atoms with Crippen LogP contribution in [0.1, 0.15) is 25.0 Å². The van der Waals surface area contributed by atoms with Crippen molar-refractivity contribution in [2.45, 2.75) is 38.0 Å². The smallest absolute Gasteiger partial charge is 0.0949 e. The Kier molecular flexibility index (Phi) is 2.56. The van der Waals surface area contributed by atoms with Crippen LogP contribution in [0.5, 0.6) is 0 Å². The highest BCUT2D eigenvalue weighted by atomic mass is 16.5.